The van der Waals surface area contributed by atoms with Gasteiger partial charge in [-0.3, -0.25) is 4.79 Å². The highest BCUT2D eigenvalue weighted by Crippen LogP contribution is 2.27. The summed E-state index contributed by atoms with van der Waals surface area (Å²) in [6, 6.07) is 3.04. The molecule has 0 saturated carbocycles. The molecule has 0 heterocycles. The summed E-state index contributed by atoms with van der Waals surface area (Å²) >= 11 is 9.85. The van der Waals surface area contributed by atoms with E-state index in [1.165, 1.54) is 6.07 Å². The van der Waals surface area contributed by atoms with Crippen molar-refractivity contribution >= 4 is 36.6 Å². The molecule has 2 nitrogen and oxygen atoms in total. The number of phenolic OH excluding ortho intramolecular Hbond substituents is 1. The number of halogens is 1. The molecule has 0 bridgehead atoms. The lowest BCUT2D eigenvalue weighted by molar-refractivity contribution is 0.112. The predicted octanol–water partition coefficient (Wildman–Crippen LogP) is 3.19. The van der Waals surface area contributed by atoms with E-state index in [2.05, 4.69) is 12.6 Å². The second-order valence-electron chi connectivity index (χ2n) is 2.97. The fourth-order valence-electron chi connectivity index (χ4n) is 1.14. The summed E-state index contributed by atoms with van der Waals surface area (Å²) in [6.07, 6.45) is 4.97. The highest BCUT2D eigenvalue weighted by molar-refractivity contribution is 7.80. The smallest absolute Gasteiger partial charge is 0.153 e. The lowest BCUT2D eigenvalue weighted by Gasteiger charge is -2.03. The quantitative estimate of drug-likeness (QED) is 0.629. The third kappa shape index (κ3) is 3.29. The normalized spacial score (nSPS) is 10.8. The first-order valence-electron chi connectivity index (χ1n) is 4.44. The largest absolute Gasteiger partial charge is 0.507 e. The monoisotopic (exact) mass is 242 g/mol. The zero-order valence-corrected chi connectivity index (χ0v) is 9.63. The molecule has 1 aromatic rings. The number of phenols is 1. The van der Waals surface area contributed by atoms with Crippen LogP contribution in [0.15, 0.2) is 18.2 Å². The molecule has 1 aromatic carbocycles. The van der Waals surface area contributed by atoms with Gasteiger partial charge in [0.15, 0.2) is 6.29 Å². The molecule has 0 atom stereocenters. The molecule has 0 aliphatic heterocycles. The Balaban J connectivity index is 3.06. The average molecular weight is 243 g/mol. The Morgan fingerprint density at radius 2 is 2.07 bits per heavy atom. The molecular weight excluding hydrogens is 232 g/mol. The van der Waals surface area contributed by atoms with Crippen LogP contribution in [0, 0.1) is 0 Å². The maximum absolute atomic E-state index is 10.6. The number of carbonyl (C=O) groups is 1. The Morgan fingerprint density at radius 3 is 2.67 bits per heavy atom. The Hall–Kier alpha value is -0.930. The van der Waals surface area contributed by atoms with E-state index in [4.69, 9.17) is 11.6 Å². The summed E-state index contributed by atoms with van der Waals surface area (Å²) in [5.74, 6) is 0.697. The standard InChI is InChI=1S/C11H11ClO2S/c12-10-5-8(3-1-2-4-15)11(14)9(6-10)7-13/h1,3,5-7,14-15H,2,4H2. The van der Waals surface area contributed by atoms with Crippen molar-refractivity contribution in [3.63, 3.8) is 0 Å². The Labute approximate surface area is 99.0 Å². The van der Waals surface area contributed by atoms with E-state index >= 15 is 0 Å². The van der Waals surface area contributed by atoms with Crippen LogP contribution in [-0.2, 0) is 0 Å². The molecule has 0 amide bonds. The molecule has 0 spiro atoms. The lowest BCUT2D eigenvalue weighted by Crippen LogP contribution is -1.85. The van der Waals surface area contributed by atoms with Crippen molar-refractivity contribution in [2.75, 3.05) is 5.75 Å². The topological polar surface area (TPSA) is 37.3 Å². The van der Waals surface area contributed by atoms with E-state index in [0.29, 0.717) is 16.9 Å². The lowest BCUT2D eigenvalue weighted by atomic mass is 10.1. The number of rotatable bonds is 4. The van der Waals surface area contributed by atoms with Crippen molar-refractivity contribution in [2.45, 2.75) is 6.42 Å². The zero-order chi connectivity index (χ0) is 11.3. The van der Waals surface area contributed by atoms with Crippen molar-refractivity contribution in [1.82, 2.24) is 0 Å². The molecule has 15 heavy (non-hydrogen) atoms. The third-order valence-electron chi connectivity index (χ3n) is 1.85. The van der Waals surface area contributed by atoms with Crippen molar-refractivity contribution in [1.29, 1.82) is 0 Å². The van der Waals surface area contributed by atoms with Gasteiger partial charge in [-0.25, -0.2) is 0 Å². The van der Waals surface area contributed by atoms with Gasteiger partial charge in [0.2, 0.25) is 0 Å². The number of hydrogen-bond acceptors (Lipinski definition) is 3. The van der Waals surface area contributed by atoms with Crippen LogP contribution in [0.2, 0.25) is 5.02 Å². The van der Waals surface area contributed by atoms with Crippen molar-refractivity contribution in [3.8, 4) is 5.75 Å². The molecule has 0 aliphatic rings. The summed E-state index contributed by atoms with van der Waals surface area (Å²) in [7, 11) is 0. The maximum Gasteiger partial charge on any atom is 0.153 e. The molecule has 80 valence electrons. The van der Waals surface area contributed by atoms with Crippen LogP contribution in [0.3, 0.4) is 0 Å². The summed E-state index contributed by atoms with van der Waals surface area (Å²) in [5.41, 5.74) is 0.749. The van der Waals surface area contributed by atoms with Crippen LogP contribution in [-0.4, -0.2) is 17.1 Å². The molecule has 0 aliphatic carbocycles. The highest BCUT2D eigenvalue weighted by Gasteiger charge is 2.06. The van der Waals surface area contributed by atoms with Gasteiger partial charge in [0, 0.05) is 10.6 Å². The molecule has 1 rings (SSSR count). The van der Waals surface area contributed by atoms with Gasteiger partial charge in [-0.1, -0.05) is 23.8 Å². The van der Waals surface area contributed by atoms with E-state index in [1.807, 2.05) is 6.08 Å². The van der Waals surface area contributed by atoms with Gasteiger partial charge in [0.1, 0.15) is 5.75 Å². The number of carbonyl (C=O) groups excluding carboxylic acids is 1. The zero-order valence-electron chi connectivity index (χ0n) is 7.98. The van der Waals surface area contributed by atoms with E-state index < -0.39 is 0 Å². The maximum atomic E-state index is 10.6. The SMILES string of the molecule is O=Cc1cc(Cl)cc(C=CCCS)c1O. The summed E-state index contributed by atoms with van der Waals surface area (Å²) in [5, 5.41) is 10.1. The molecular formula is C11H11ClO2S. The second kappa shape index (κ2) is 5.83. The van der Waals surface area contributed by atoms with Crippen molar-refractivity contribution in [3.05, 3.63) is 34.4 Å². The van der Waals surface area contributed by atoms with Crippen molar-refractivity contribution < 1.29 is 9.90 Å². The number of thiol groups is 1. The van der Waals surface area contributed by atoms with Crippen LogP contribution in [0.5, 0.6) is 5.75 Å². The van der Waals surface area contributed by atoms with Crippen LogP contribution < -0.4 is 0 Å². The number of allylic oxidation sites excluding steroid dienone is 1. The van der Waals surface area contributed by atoms with Gasteiger partial charge >= 0.3 is 0 Å². The third-order valence-corrected chi connectivity index (χ3v) is 2.33. The van der Waals surface area contributed by atoms with Crippen LogP contribution in [0.25, 0.3) is 6.08 Å². The van der Waals surface area contributed by atoms with Gasteiger partial charge in [-0.15, -0.1) is 0 Å². The van der Waals surface area contributed by atoms with E-state index in [1.54, 1.807) is 12.1 Å². The predicted molar refractivity (Wildman–Crippen MR) is 66.0 cm³/mol. The van der Waals surface area contributed by atoms with Gasteiger partial charge < -0.3 is 5.11 Å². The Kier molecular flexibility index (Phi) is 4.72. The average Bonchev–Trinajstić information content (AvgIpc) is 2.23. The van der Waals surface area contributed by atoms with Crippen LogP contribution in [0.4, 0.5) is 0 Å². The molecule has 1 N–H and O–H groups in total. The first-order valence-corrected chi connectivity index (χ1v) is 5.45. The molecule has 0 aromatic heterocycles. The first kappa shape index (κ1) is 12.1. The van der Waals surface area contributed by atoms with Crippen LogP contribution in [0.1, 0.15) is 22.3 Å². The fourth-order valence-corrected chi connectivity index (χ4v) is 1.53. The van der Waals surface area contributed by atoms with Crippen LogP contribution >= 0.6 is 24.2 Å². The second-order valence-corrected chi connectivity index (χ2v) is 3.85. The minimum Gasteiger partial charge on any atom is -0.507 e. The van der Waals surface area contributed by atoms with Gasteiger partial charge in [0.05, 0.1) is 5.56 Å². The molecule has 4 heteroatoms. The first-order chi connectivity index (χ1) is 7.19. The van der Waals surface area contributed by atoms with E-state index in [0.717, 1.165) is 12.2 Å². The Bertz CT molecular complexity index is 388. The molecule has 0 unspecified atom stereocenters. The minimum atomic E-state index is -0.0372. The summed E-state index contributed by atoms with van der Waals surface area (Å²) in [4.78, 5) is 10.6. The number of aromatic hydroxyl groups is 1. The molecule has 0 saturated heterocycles. The van der Waals surface area contributed by atoms with Crippen molar-refractivity contribution in [2.24, 2.45) is 0 Å². The van der Waals surface area contributed by atoms with E-state index in [9.17, 15) is 9.90 Å². The number of aldehydes is 1. The highest BCUT2D eigenvalue weighted by atomic mass is 35.5. The number of hydrogen-bond donors (Lipinski definition) is 2. The van der Waals surface area contributed by atoms with Gasteiger partial charge in [-0.2, -0.15) is 12.6 Å². The van der Waals surface area contributed by atoms with E-state index in [-0.39, 0.29) is 11.3 Å². The minimum absolute atomic E-state index is 0.0372. The summed E-state index contributed by atoms with van der Waals surface area (Å²) in [6.45, 7) is 0. The molecule has 0 radical (unpaired) electrons. The summed E-state index contributed by atoms with van der Waals surface area (Å²) < 4.78 is 0. The van der Waals surface area contributed by atoms with Gasteiger partial charge in [0.25, 0.3) is 0 Å². The fraction of sp³-hybridized carbons (Fsp3) is 0.182. The van der Waals surface area contributed by atoms with Gasteiger partial charge in [-0.05, 0) is 24.3 Å². The number of benzene rings is 1. The Morgan fingerprint density at radius 1 is 1.40 bits per heavy atom. The molecule has 0 fully saturated rings.